The molecule has 19 heavy (non-hydrogen) atoms. The molecule has 1 aromatic carbocycles. The maximum atomic E-state index is 13.2. The Kier molecular flexibility index (Phi) is 2.86. The monoisotopic (exact) mass is 263 g/mol. The normalized spacial score (nSPS) is 30.5. The molecule has 1 aromatic rings. The molecule has 102 valence electrons. The summed E-state index contributed by atoms with van der Waals surface area (Å²) in [5, 5.41) is 9.29. The van der Waals surface area contributed by atoms with Crippen LogP contribution in [0.4, 0.5) is 4.39 Å². The molecule has 4 heteroatoms. The third-order valence-corrected chi connectivity index (χ3v) is 4.61. The minimum absolute atomic E-state index is 0.184. The van der Waals surface area contributed by atoms with E-state index in [0.29, 0.717) is 13.0 Å². The summed E-state index contributed by atoms with van der Waals surface area (Å²) in [6.45, 7) is 3.21. The van der Waals surface area contributed by atoms with Gasteiger partial charge >= 0.3 is 5.97 Å². The van der Waals surface area contributed by atoms with E-state index in [-0.39, 0.29) is 11.9 Å². The first kappa shape index (κ1) is 12.6. The van der Waals surface area contributed by atoms with Gasteiger partial charge in [-0.15, -0.1) is 0 Å². The molecule has 0 radical (unpaired) electrons. The van der Waals surface area contributed by atoms with Crippen molar-refractivity contribution in [1.82, 2.24) is 4.90 Å². The van der Waals surface area contributed by atoms with E-state index in [1.807, 2.05) is 13.0 Å². The molecular formula is C15H18FNO2. The molecule has 1 fully saturated rings. The lowest BCUT2D eigenvalue weighted by molar-refractivity contribution is -0.147. The van der Waals surface area contributed by atoms with Gasteiger partial charge in [-0.2, -0.15) is 0 Å². The van der Waals surface area contributed by atoms with Crippen LogP contribution in [0.2, 0.25) is 0 Å². The summed E-state index contributed by atoms with van der Waals surface area (Å²) < 4.78 is 13.2. The second-order valence-electron chi connectivity index (χ2n) is 5.98. The van der Waals surface area contributed by atoms with Crippen molar-refractivity contribution in [2.24, 2.45) is 5.41 Å². The minimum atomic E-state index is -0.715. The third kappa shape index (κ3) is 2.04. The van der Waals surface area contributed by atoms with Gasteiger partial charge in [0.1, 0.15) is 5.82 Å². The van der Waals surface area contributed by atoms with E-state index in [1.54, 1.807) is 6.07 Å². The van der Waals surface area contributed by atoms with Crippen molar-refractivity contribution in [2.75, 3.05) is 13.1 Å². The number of aryl methyl sites for hydroxylation is 1. The van der Waals surface area contributed by atoms with Crippen molar-refractivity contribution in [3.63, 3.8) is 0 Å². The summed E-state index contributed by atoms with van der Waals surface area (Å²) in [6.07, 6.45) is 2.54. The van der Waals surface area contributed by atoms with Gasteiger partial charge in [-0.3, -0.25) is 9.69 Å². The van der Waals surface area contributed by atoms with Crippen molar-refractivity contribution < 1.29 is 14.3 Å². The fourth-order valence-electron chi connectivity index (χ4n) is 3.38. The Bertz CT molecular complexity index is 531. The van der Waals surface area contributed by atoms with Gasteiger partial charge in [-0.05, 0) is 56.0 Å². The fourth-order valence-corrected chi connectivity index (χ4v) is 3.38. The summed E-state index contributed by atoms with van der Waals surface area (Å²) in [7, 11) is 0. The molecule has 2 unspecified atom stereocenters. The van der Waals surface area contributed by atoms with E-state index >= 15 is 0 Å². The zero-order chi connectivity index (χ0) is 13.6. The van der Waals surface area contributed by atoms with Crippen molar-refractivity contribution in [3.8, 4) is 0 Å². The second kappa shape index (κ2) is 4.30. The van der Waals surface area contributed by atoms with Crippen LogP contribution in [0.5, 0.6) is 0 Å². The van der Waals surface area contributed by atoms with E-state index in [4.69, 9.17) is 0 Å². The fraction of sp³-hybridized carbons (Fsp3) is 0.533. The van der Waals surface area contributed by atoms with E-state index in [1.165, 1.54) is 11.6 Å². The second-order valence-corrected chi connectivity index (χ2v) is 5.98. The van der Waals surface area contributed by atoms with Gasteiger partial charge in [-0.1, -0.05) is 6.07 Å². The predicted molar refractivity (Wildman–Crippen MR) is 69.4 cm³/mol. The molecule has 1 aliphatic heterocycles. The summed E-state index contributed by atoms with van der Waals surface area (Å²) in [5.74, 6) is -0.900. The van der Waals surface area contributed by atoms with Gasteiger partial charge in [-0.25, -0.2) is 4.39 Å². The highest BCUT2D eigenvalue weighted by molar-refractivity contribution is 5.74. The number of benzene rings is 1. The van der Waals surface area contributed by atoms with Gasteiger partial charge in [0.05, 0.1) is 5.41 Å². The van der Waals surface area contributed by atoms with Crippen LogP contribution in [0.1, 0.15) is 36.9 Å². The van der Waals surface area contributed by atoms with Crippen LogP contribution in [-0.4, -0.2) is 29.1 Å². The number of likely N-dealkylation sites (tertiary alicyclic amines) is 1. The van der Waals surface area contributed by atoms with Gasteiger partial charge in [0.15, 0.2) is 0 Å². The molecule has 0 saturated carbocycles. The highest BCUT2D eigenvalue weighted by Gasteiger charge is 2.43. The SMILES string of the molecule is CC1(C(=O)O)CCN(C2CCc3cc(F)ccc32)C1. The molecule has 3 rings (SSSR count). The number of carbonyl (C=O) groups is 1. The number of nitrogens with zero attached hydrogens (tertiary/aromatic N) is 1. The highest BCUT2D eigenvalue weighted by Crippen LogP contribution is 2.41. The molecule has 0 spiro atoms. The van der Waals surface area contributed by atoms with Gasteiger partial charge in [0.2, 0.25) is 0 Å². The molecule has 2 aliphatic rings. The molecule has 1 N–H and O–H groups in total. The summed E-state index contributed by atoms with van der Waals surface area (Å²) in [4.78, 5) is 13.5. The van der Waals surface area contributed by atoms with Crippen LogP contribution in [-0.2, 0) is 11.2 Å². The first-order valence-corrected chi connectivity index (χ1v) is 6.75. The van der Waals surface area contributed by atoms with Crippen LogP contribution in [0.15, 0.2) is 18.2 Å². The number of halogens is 1. The lowest BCUT2D eigenvalue weighted by Crippen LogP contribution is -2.33. The largest absolute Gasteiger partial charge is 0.481 e. The molecular weight excluding hydrogens is 245 g/mol. The van der Waals surface area contributed by atoms with Crippen LogP contribution in [0.3, 0.4) is 0 Å². The third-order valence-electron chi connectivity index (χ3n) is 4.61. The van der Waals surface area contributed by atoms with E-state index < -0.39 is 11.4 Å². The Balaban J connectivity index is 1.82. The van der Waals surface area contributed by atoms with Crippen molar-refractivity contribution in [2.45, 2.75) is 32.2 Å². The van der Waals surface area contributed by atoms with Crippen LogP contribution in [0.25, 0.3) is 0 Å². The topological polar surface area (TPSA) is 40.5 Å². The Morgan fingerprint density at radius 1 is 1.53 bits per heavy atom. The first-order chi connectivity index (χ1) is 8.99. The Morgan fingerprint density at radius 2 is 2.32 bits per heavy atom. The average Bonchev–Trinajstić information content (AvgIpc) is 2.93. The maximum Gasteiger partial charge on any atom is 0.310 e. The number of carboxylic acid groups (broad SMARTS) is 1. The Hall–Kier alpha value is -1.42. The van der Waals surface area contributed by atoms with Crippen molar-refractivity contribution in [3.05, 3.63) is 35.1 Å². The van der Waals surface area contributed by atoms with Gasteiger partial charge in [0, 0.05) is 12.6 Å². The maximum absolute atomic E-state index is 13.2. The zero-order valence-corrected chi connectivity index (χ0v) is 11.0. The zero-order valence-electron chi connectivity index (χ0n) is 11.0. The van der Waals surface area contributed by atoms with Crippen molar-refractivity contribution in [1.29, 1.82) is 0 Å². The summed E-state index contributed by atoms with van der Waals surface area (Å²) in [6, 6.07) is 5.24. The minimum Gasteiger partial charge on any atom is -0.481 e. The molecule has 0 amide bonds. The molecule has 1 aliphatic carbocycles. The number of hydrogen-bond acceptors (Lipinski definition) is 2. The lowest BCUT2D eigenvalue weighted by atomic mass is 9.90. The van der Waals surface area contributed by atoms with Crippen molar-refractivity contribution >= 4 is 5.97 Å². The molecule has 0 aromatic heterocycles. The van der Waals surface area contributed by atoms with E-state index in [9.17, 15) is 14.3 Å². The average molecular weight is 263 g/mol. The summed E-state index contributed by atoms with van der Waals surface area (Å²) in [5.41, 5.74) is 1.62. The molecule has 2 atom stereocenters. The lowest BCUT2D eigenvalue weighted by Gasteiger charge is -2.26. The molecule has 3 nitrogen and oxygen atoms in total. The molecule has 1 heterocycles. The number of carboxylic acids is 1. The standard InChI is InChI=1S/C15H18FNO2/c1-15(14(18)19)6-7-17(9-15)13-5-2-10-8-11(16)3-4-12(10)13/h3-4,8,13H,2,5-7,9H2,1H3,(H,18,19). The quantitative estimate of drug-likeness (QED) is 0.891. The van der Waals surface area contributed by atoms with E-state index in [0.717, 1.165) is 24.9 Å². The van der Waals surface area contributed by atoms with Gasteiger partial charge < -0.3 is 5.11 Å². The number of aliphatic carboxylic acids is 1. The molecule has 0 bridgehead atoms. The van der Waals surface area contributed by atoms with Gasteiger partial charge in [0.25, 0.3) is 0 Å². The number of fused-ring (bicyclic) bond motifs is 1. The Morgan fingerprint density at radius 3 is 3.00 bits per heavy atom. The first-order valence-electron chi connectivity index (χ1n) is 6.75. The predicted octanol–water partition coefficient (Wildman–Crippen LogP) is 2.61. The smallest absolute Gasteiger partial charge is 0.310 e. The molecule has 1 saturated heterocycles. The number of hydrogen-bond donors (Lipinski definition) is 1. The van der Waals surface area contributed by atoms with Crippen LogP contribution in [0, 0.1) is 11.2 Å². The van der Waals surface area contributed by atoms with Crippen LogP contribution >= 0.6 is 0 Å². The number of rotatable bonds is 2. The Labute approximate surface area is 112 Å². The van der Waals surface area contributed by atoms with E-state index in [2.05, 4.69) is 4.90 Å². The van der Waals surface area contributed by atoms with Crippen LogP contribution < -0.4 is 0 Å². The highest BCUT2D eigenvalue weighted by atomic mass is 19.1. The summed E-state index contributed by atoms with van der Waals surface area (Å²) >= 11 is 0.